The number of nitrogens with zero attached hydrogens (tertiary/aromatic N) is 2. The molecule has 0 saturated carbocycles. The third kappa shape index (κ3) is 7.67. The number of hydrogen-bond acceptors (Lipinski definition) is 12. The molecular weight excluding hydrogens is 508 g/mol. The average Bonchev–Trinajstić information content (AvgIpc) is 2.84. The van der Waals surface area contributed by atoms with Gasteiger partial charge < -0.3 is 51.1 Å². The lowest BCUT2D eigenvalue weighted by Crippen LogP contribution is -2.56. The number of aliphatic carboxylic acids is 2. The van der Waals surface area contributed by atoms with Crippen LogP contribution in [0.4, 0.5) is 0 Å². The number of rotatable bonds is 15. The molecule has 0 saturated heterocycles. The molecule has 0 spiro atoms. The number of carboxylic acid groups (broad SMARTS) is 2. The van der Waals surface area contributed by atoms with E-state index in [9.17, 15) is 60.7 Å². The van der Waals surface area contributed by atoms with E-state index in [0.717, 1.165) is 28.0 Å². The van der Waals surface area contributed by atoms with Crippen molar-refractivity contribution >= 4 is 11.9 Å². The van der Waals surface area contributed by atoms with E-state index in [2.05, 4.69) is 0 Å². The van der Waals surface area contributed by atoms with Crippen LogP contribution >= 0.6 is 0 Å². The predicted molar refractivity (Wildman–Crippen MR) is 129 cm³/mol. The van der Waals surface area contributed by atoms with E-state index in [1.54, 1.807) is 0 Å². The number of aromatic hydroxyl groups is 4. The van der Waals surface area contributed by atoms with Crippen molar-refractivity contribution in [3.05, 3.63) is 46.5 Å². The molecule has 2 aromatic carbocycles. The van der Waals surface area contributed by atoms with Gasteiger partial charge in [0.2, 0.25) is 0 Å². The van der Waals surface area contributed by atoms with Crippen LogP contribution in [0.1, 0.15) is 22.3 Å². The maximum Gasteiger partial charge on any atom is 0.317 e. The minimum atomic E-state index is -1.34. The predicted octanol–water partition coefficient (Wildman–Crippen LogP) is -1.31. The molecule has 2 unspecified atom stereocenters. The van der Waals surface area contributed by atoms with Crippen molar-refractivity contribution in [2.75, 3.05) is 26.3 Å². The first kappa shape index (κ1) is 30.6. The van der Waals surface area contributed by atoms with Gasteiger partial charge >= 0.3 is 11.9 Å². The minimum absolute atomic E-state index is 0.0200. The molecule has 0 aliphatic heterocycles. The van der Waals surface area contributed by atoms with Crippen LogP contribution in [0.5, 0.6) is 23.0 Å². The van der Waals surface area contributed by atoms with Gasteiger partial charge in [-0.15, -0.1) is 0 Å². The van der Waals surface area contributed by atoms with E-state index < -0.39 is 75.0 Å². The number of aliphatic hydroxyl groups excluding tert-OH is 4. The average molecular weight is 541 g/mol. The number of aliphatic hydroxyl groups is 4. The van der Waals surface area contributed by atoms with Crippen molar-refractivity contribution in [1.82, 2.24) is 9.80 Å². The van der Waals surface area contributed by atoms with Gasteiger partial charge in [-0.3, -0.25) is 19.4 Å². The fraction of sp³-hybridized carbons (Fsp3) is 0.417. The summed E-state index contributed by atoms with van der Waals surface area (Å²) < 4.78 is 0. The summed E-state index contributed by atoms with van der Waals surface area (Å²) in [6.07, 6.45) is 0. The minimum Gasteiger partial charge on any atom is -0.508 e. The van der Waals surface area contributed by atoms with Crippen molar-refractivity contribution in [3.8, 4) is 23.0 Å². The van der Waals surface area contributed by atoms with Gasteiger partial charge in [-0.2, -0.15) is 0 Å². The summed E-state index contributed by atoms with van der Waals surface area (Å²) in [5.74, 6) is -4.26. The molecule has 2 atom stereocenters. The summed E-state index contributed by atoms with van der Waals surface area (Å²) >= 11 is 0. The van der Waals surface area contributed by atoms with Gasteiger partial charge in [0.1, 0.15) is 23.0 Å². The number of hydrogen-bond donors (Lipinski definition) is 10. The number of benzene rings is 2. The first-order chi connectivity index (χ1) is 17.9. The summed E-state index contributed by atoms with van der Waals surface area (Å²) in [4.78, 5) is 25.6. The molecule has 2 rings (SSSR count). The molecule has 2 aromatic rings. The lowest BCUT2D eigenvalue weighted by molar-refractivity contribution is -0.143. The van der Waals surface area contributed by atoms with Crippen LogP contribution in [-0.4, -0.2) is 111 Å². The number of phenols is 4. The lowest BCUT2D eigenvalue weighted by atomic mass is 10.0. The highest BCUT2D eigenvalue weighted by molar-refractivity contribution is 5.69. The highest BCUT2D eigenvalue weighted by Crippen LogP contribution is 2.31. The van der Waals surface area contributed by atoms with E-state index >= 15 is 0 Å². The van der Waals surface area contributed by atoms with Crippen LogP contribution in [0.2, 0.25) is 0 Å². The molecule has 0 amide bonds. The van der Waals surface area contributed by atoms with E-state index in [1.165, 1.54) is 6.07 Å². The summed E-state index contributed by atoms with van der Waals surface area (Å²) in [5.41, 5.74) is 0.174. The molecule has 38 heavy (non-hydrogen) atoms. The highest BCUT2D eigenvalue weighted by atomic mass is 16.4. The fourth-order valence-electron chi connectivity index (χ4n) is 4.17. The van der Waals surface area contributed by atoms with Crippen LogP contribution in [0.25, 0.3) is 0 Å². The van der Waals surface area contributed by atoms with Crippen molar-refractivity contribution in [2.45, 2.75) is 38.4 Å². The second-order valence-corrected chi connectivity index (χ2v) is 8.63. The molecule has 0 aromatic heterocycles. The summed E-state index contributed by atoms with van der Waals surface area (Å²) in [7, 11) is 0. The molecule has 0 aliphatic rings. The van der Waals surface area contributed by atoms with Crippen LogP contribution in [0.15, 0.2) is 24.3 Å². The first-order valence-corrected chi connectivity index (χ1v) is 11.4. The summed E-state index contributed by atoms with van der Waals surface area (Å²) in [6, 6.07) is 1.93. The Balaban J connectivity index is 2.50. The Labute approximate surface area is 217 Å². The Hall–Kier alpha value is -3.66. The molecule has 0 radical (unpaired) electrons. The Kier molecular flexibility index (Phi) is 11.1. The first-order valence-electron chi connectivity index (χ1n) is 11.4. The van der Waals surface area contributed by atoms with Crippen molar-refractivity contribution < 1.29 is 60.7 Å². The second kappa shape index (κ2) is 13.8. The monoisotopic (exact) mass is 540 g/mol. The maximum absolute atomic E-state index is 11.7. The third-order valence-corrected chi connectivity index (χ3v) is 6.08. The number of carbonyl (C=O) groups is 2. The number of phenolic OH excluding ortho intramolecular Hbond substituents is 2. The van der Waals surface area contributed by atoms with Crippen molar-refractivity contribution in [1.29, 1.82) is 0 Å². The molecule has 210 valence electrons. The van der Waals surface area contributed by atoms with Crippen LogP contribution in [0.3, 0.4) is 0 Å². The Morgan fingerprint density at radius 2 is 0.921 bits per heavy atom. The van der Waals surface area contributed by atoms with Crippen LogP contribution < -0.4 is 0 Å². The van der Waals surface area contributed by atoms with Gasteiger partial charge in [0.15, 0.2) is 0 Å². The zero-order valence-electron chi connectivity index (χ0n) is 20.3. The maximum atomic E-state index is 11.7. The zero-order valence-corrected chi connectivity index (χ0v) is 20.3. The molecule has 14 heteroatoms. The van der Waals surface area contributed by atoms with Gasteiger partial charge in [-0.1, -0.05) is 0 Å². The third-order valence-electron chi connectivity index (χ3n) is 6.08. The van der Waals surface area contributed by atoms with Crippen LogP contribution in [-0.2, 0) is 35.9 Å². The van der Waals surface area contributed by atoms with Crippen molar-refractivity contribution in [2.24, 2.45) is 0 Å². The van der Waals surface area contributed by atoms with Gasteiger partial charge in [0, 0.05) is 41.4 Å². The fourth-order valence-corrected chi connectivity index (χ4v) is 4.17. The van der Waals surface area contributed by atoms with E-state index in [0.29, 0.717) is 0 Å². The smallest absolute Gasteiger partial charge is 0.317 e. The Morgan fingerprint density at radius 3 is 1.34 bits per heavy atom. The van der Waals surface area contributed by atoms with E-state index in [1.807, 2.05) is 0 Å². The van der Waals surface area contributed by atoms with Gasteiger partial charge in [0.05, 0.1) is 51.6 Å². The van der Waals surface area contributed by atoms with Gasteiger partial charge in [0.25, 0.3) is 0 Å². The topological polar surface area (TPSA) is 243 Å². The van der Waals surface area contributed by atoms with Crippen molar-refractivity contribution in [3.63, 3.8) is 0 Å². The van der Waals surface area contributed by atoms with E-state index in [-0.39, 0.29) is 46.8 Å². The Morgan fingerprint density at radius 1 is 0.579 bits per heavy atom. The van der Waals surface area contributed by atoms with Gasteiger partial charge in [-0.05, 0) is 18.2 Å². The molecule has 0 bridgehead atoms. The second-order valence-electron chi connectivity index (χ2n) is 8.63. The molecular formula is C24H32N2O12. The summed E-state index contributed by atoms with van der Waals surface area (Å²) in [6.45, 7) is -4.82. The molecule has 10 N–H and O–H groups in total. The van der Waals surface area contributed by atoms with Crippen LogP contribution in [0, 0.1) is 0 Å². The Bertz CT molecular complexity index is 1130. The highest BCUT2D eigenvalue weighted by Gasteiger charge is 2.34. The zero-order chi connectivity index (χ0) is 28.6. The number of carboxylic acids is 2. The lowest BCUT2D eigenvalue weighted by Gasteiger charge is -2.40. The van der Waals surface area contributed by atoms with E-state index in [4.69, 9.17) is 0 Å². The van der Waals surface area contributed by atoms with Gasteiger partial charge in [-0.25, -0.2) is 0 Å². The molecule has 0 aliphatic carbocycles. The summed E-state index contributed by atoms with van der Waals surface area (Å²) in [5, 5.41) is 98.7. The normalized spacial score (nSPS) is 13.1. The largest absolute Gasteiger partial charge is 0.508 e. The SMILES string of the molecule is O=C(O)CN(Cc1cc(O)c(CO)cc1O)C(CO)C(CO)N(CC(=O)O)Cc1cc(CO)c(O)cc1O. The standard InChI is InChI=1S/C24H32N2O12/c27-9-15-1-13(21(33)4-22(15)34)5-25(7-23(35)36)17(11-29)18(12-30)26(8-24(37)38)6-14-2-20(32)16(10-28)3-19(14)31/h1-4,17-18,27-34H,5-12H2,(H,35,36)(H,37,38). The quantitative estimate of drug-likeness (QED) is 0.118. The molecule has 0 fully saturated rings. The molecule has 0 heterocycles. The molecule has 14 nitrogen and oxygen atoms in total.